The lowest BCUT2D eigenvalue weighted by molar-refractivity contribution is -0.149. The molecule has 212 valence electrons. The van der Waals surface area contributed by atoms with Crippen LogP contribution in [0.1, 0.15) is 27.2 Å². The van der Waals surface area contributed by atoms with Gasteiger partial charge >= 0.3 is 11.9 Å². The summed E-state index contributed by atoms with van der Waals surface area (Å²) in [7, 11) is 2.96. The quantitative estimate of drug-likeness (QED) is 0.152. The SMILES string of the molecule is COc1ccc2c(c1)c(CC(=O)OCCOC(=O)/C=C/c1ccc(O)c(OC)c1)c(C)n2C(=O)c1ccc(Cl)cc1. The summed E-state index contributed by atoms with van der Waals surface area (Å²) in [6, 6.07) is 16.5. The number of halogens is 1. The Hall–Kier alpha value is -4.76. The molecule has 3 aromatic carbocycles. The number of nitrogens with zero attached hydrogens (tertiary/aromatic N) is 1. The first kappa shape index (κ1) is 29.2. The minimum Gasteiger partial charge on any atom is -0.504 e. The zero-order chi connectivity index (χ0) is 29.5. The fourth-order valence-electron chi connectivity index (χ4n) is 4.30. The molecule has 0 amide bonds. The first-order chi connectivity index (χ1) is 19.7. The molecule has 0 saturated carbocycles. The van der Waals surface area contributed by atoms with Crippen LogP contribution >= 0.6 is 11.6 Å². The lowest BCUT2D eigenvalue weighted by Gasteiger charge is -2.08. The molecule has 1 N–H and O–H groups in total. The number of carbonyl (C=O) groups excluding carboxylic acids is 3. The van der Waals surface area contributed by atoms with Gasteiger partial charge in [0.2, 0.25) is 0 Å². The van der Waals surface area contributed by atoms with Crippen LogP contribution in [-0.4, -0.2) is 55.0 Å². The molecule has 4 aromatic rings. The maximum atomic E-state index is 13.4. The molecule has 1 aromatic heterocycles. The Morgan fingerprint density at radius 3 is 2.37 bits per heavy atom. The molecule has 0 atom stereocenters. The maximum Gasteiger partial charge on any atom is 0.330 e. The van der Waals surface area contributed by atoms with Crippen LogP contribution in [0.5, 0.6) is 17.2 Å². The second kappa shape index (κ2) is 13.1. The smallest absolute Gasteiger partial charge is 0.330 e. The van der Waals surface area contributed by atoms with Crippen molar-refractivity contribution in [3.63, 3.8) is 0 Å². The van der Waals surface area contributed by atoms with Crippen molar-refractivity contribution in [3.05, 3.63) is 94.1 Å². The highest BCUT2D eigenvalue weighted by molar-refractivity contribution is 6.30. The van der Waals surface area contributed by atoms with Crippen molar-refractivity contribution in [1.82, 2.24) is 4.57 Å². The Kier molecular flexibility index (Phi) is 9.31. The number of phenols is 1. The largest absolute Gasteiger partial charge is 0.504 e. The van der Waals surface area contributed by atoms with Gasteiger partial charge in [-0.25, -0.2) is 4.79 Å². The average molecular weight is 578 g/mol. The predicted octanol–water partition coefficient (Wildman–Crippen LogP) is 5.36. The molecule has 4 rings (SSSR count). The fourth-order valence-corrected chi connectivity index (χ4v) is 4.43. The first-order valence-corrected chi connectivity index (χ1v) is 12.9. The van der Waals surface area contributed by atoms with Crippen molar-refractivity contribution >= 4 is 46.4 Å². The van der Waals surface area contributed by atoms with Crippen molar-refractivity contribution in [1.29, 1.82) is 0 Å². The number of aromatic nitrogens is 1. The standard InChI is InChI=1S/C31H28ClNO8/c1-19-24(18-30(36)41-15-14-40-29(35)13-5-20-4-12-27(34)28(16-20)39-3)25-17-23(38-2)10-11-26(25)33(19)31(37)21-6-8-22(32)9-7-21/h4-13,16-17,34H,14-15,18H2,1-3H3/b13-5+. The average Bonchev–Trinajstić information content (AvgIpc) is 3.24. The Morgan fingerprint density at radius 1 is 0.927 bits per heavy atom. The molecular weight excluding hydrogens is 550 g/mol. The zero-order valence-corrected chi connectivity index (χ0v) is 23.4. The summed E-state index contributed by atoms with van der Waals surface area (Å²) in [4.78, 5) is 38.2. The van der Waals surface area contributed by atoms with Crippen molar-refractivity contribution in [3.8, 4) is 17.2 Å². The van der Waals surface area contributed by atoms with E-state index >= 15 is 0 Å². The van der Waals surface area contributed by atoms with Gasteiger partial charge in [0.25, 0.3) is 5.91 Å². The van der Waals surface area contributed by atoms with E-state index in [-0.39, 0.29) is 37.0 Å². The molecule has 10 heteroatoms. The monoisotopic (exact) mass is 577 g/mol. The van der Waals surface area contributed by atoms with Crippen LogP contribution in [0.3, 0.4) is 0 Å². The van der Waals surface area contributed by atoms with Gasteiger partial charge in [-0.15, -0.1) is 0 Å². The summed E-state index contributed by atoms with van der Waals surface area (Å²) in [6.07, 6.45) is 2.62. The molecule has 41 heavy (non-hydrogen) atoms. The lowest BCUT2D eigenvalue weighted by Crippen LogP contribution is -2.16. The minimum atomic E-state index is -0.625. The van der Waals surface area contributed by atoms with Crippen LogP contribution in [0.25, 0.3) is 17.0 Å². The number of hydrogen-bond donors (Lipinski definition) is 1. The molecule has 0 saturated heterocycles. The third kappa shape index (κ3) is 6.88. The topological polar surface area (TPSA) is 113 Å². The number of fused-ring (bicyclic) bond motifs is 1. The first-order valence-electron chi connectivity index (χ1n) is 12.6. The van der Waals surface area contributed by atoms with Gasteiger partial charge in [0, 0.05) is 27.7 Å². The molecule has 1 heterocycles. The van der Waals surface area contributed by atoms with E-state index in [1.807, 2.05) is 0 Å². The Bertz CT molecular complexity index is 1620. The molecule has 0 aliphatic carbocycles. The number of ether oxygens (including phenoxy) is 4. The molecule has 0 radical (unpaired) electrons. The van der Waals surface area contributed by atoms with Gasteiger partial charge in [0.05, 0.1) is 26.2 Å². The van der Waals surface area contributed by atoms with Crippen molar-refractivity contribution < 1.29 is 38.4 Å². The van der Waals surface area contributed by atoms with E-state index in [9.17, 15) is 19.5 Å². The van der Waals surface area contributed by atoms with Crippen LogP contribution in [0.4, 0.5) is 0 Å². The molecule has 0 fully saturated rings. The third-order valence-electron chi connectivity index (χ3n) is 6.36. The van der Waals surface area contributed by atoms with Crippen LogP contribution < -0.4 is 9.47 Å². The van der Waals surface area contributed by atoms with Crippen LogP contribution in [0.2, 0.25) is 5.02 Å². The summed E-state index contributed by atoms with van der Waals surface area (Å²) in [5, 5.41) is 10.9. The van der Waals surface area contributed by atoms with Gasteiger partial charge in [-0.2, -0.15) is 0 Å². The Balaban J connectivity index is 1.41. The highest BCUT2D eigenvalue weighted by Gasteiger charge is 2.22. The number of carbonyl (C=O) groups is 3. The zero-order valence-electron chi connectivity index (χ0n) is 22.7. The third-order valence-corrected chi connectivity index (χ3v) is 6.62. The van der Waals surface area contributed by atoms with E-state index in [0.29, 0.717) is 44.1 Å². The summed E-state index contributed by atoms with van der Waals surface area (Å²) in [6.45, 7) is 1.48. The van der Waals surface area contributed by atoms with Crippen molar-refractivity contribution in [2.24, 2.45) is 0 Å². The van der Waals surface area contributed by atoms with E-state index in [2.05, 4.69) is 0 Å². The number of rotatable bonds is 10. The molecule has 0 unspecified atom stereocenters. The number of aromatic hydroxyl groups is 1. The van der Waals surface area contributed by atoms with Gasteiger partial charge in [0.1, 0.15) is 19.0 Å². The van der Waals surface area contributed by atoms with Gasteiger partial charge in [-0.3, -0.25) is 14.2 Å². The fraction of sp³-hybridized carbons (Fsp3) is 0.194. The Labute approximate surface area is 241 Å². The number of benzene rings is 3. The van der Waals surface area contributed by atoms with E-state index in [0.717, 1.165) is 0 Å². The molecule has 9 nitrogen and oxygen atoms in total. The van der Waals surface area contributed by atoms with E-state index in [1.54, 1.807) is 66.1 Å². The second-order valence-electron chi connectivity index (χ2n) is 8.92. The summed E-state index contributed by atoms with van der Waals surface area (Å²) in [5.74, 6) is -0.593. The van der Waals surface area contributed by atoms with Crippen LogP contribution in [-0.2, 0) is 25.5 Å². The summed E-state index contributed by atoms with van der Waals surface area (Å²) >= 11 is 5.98. The molecule has 0 aliphatic rings. The molecular formula is C31H28ClNO8. The highest BCUT2D eigenvalue weighted by Crippen LogP contribution is 2.31. The molecule has 0 aliphatic heterocycles. The van der Waals surface area contributed by atoms with Crippen molar-refractivity contribution in [2.45, 2.75) is 13.3 Å². The normalized spacial score (nSPS) is 11.0. The van der Waals surface area contributed by atoms with E-state index in [4.69, 9.17) is 30.5 Å². The predicted molar refractivity (Wildman–Crippen MR) is 154 cm³/mol. The maximum absolute atomic E-state index is 13.4. The summed E-state index contributed by atoms with van der Waals surface area (Å²) in [5.41, 5.74) is 2.91. The van der Waals surface area contributed by atoms with Gasteiger partial charge in [-0.05, 0) is 78.7 Å². The van der Waals surface area contributed by atoms with Gasteiger partial charge in [0.15, 0.2) is 11.5 Å². The Morgan fingerprint density at radius 2 is 1.66 bits per heavy atom. The number of esters is 2. The second-order valence-corrected chi connectivity index (χ2v) is 9.36. The highest BCUT2D eigenvalue weighted by atomic mass is 35.5. The van der Waals surface area contributed by atoms with Gasteiger partial charge in [-0.1, -0.05) is 17.7 Å². The molecule has 0 spiro atoms. The van der Waals surface area contributed by atoms with E-state index < -0.39 is 11.9 Å². The van der Waals surface area contributed by atoms with Crippen LogP contribution in [0.15, 0.2) is 66.7 Å². The van der Waals surface area contributed by atoms with Crippen molar-refractivity contribution in [2.75, 3.05) is 27.4 Å². The number of hydrogen-bond acceptors (Lipinski definition) is 8. The summed E-state index contributed by atoms with van der Waals surface area (Å²) < 4.78 is 22.4. The lowest BCUT2D eigenvalue weighted by atomic mass is 10.1. The van der Waals surface area contributed by atoms with Gasteiger partial charge < -0.3 is 24.1 Å². The molecule has 0 bridgehead atoms. The van der Waals surface area contributed by atoms with Crippen LogP contribution in [0, 0.1) is 6.92 Å². The number of methoxy groups -OCH3 is 2. The minimum absolute atomic E-state index is 0.0129. The van der Waals surface area contributed by atoms with E-state index in [1.165, 1.54) is 32.4 Å². The number of phenolic OH excluding ortho intramolecular Hbond substituents is 1.